The van der Waals surface area contributed by atoms with Crippen molar-refractivity contribution in [1.82, 2.24) is 5.01 Å². The van der Waals surface area contributed by atoms with Gasteiger partial charge in [-0.25, -0.2) is 4.39 Å². The number of carbonyl (C=O) groups is 1. The van der Waals surface area contributed by atoms with Crippen LogP contribution in [0, 0.1) is 18.2 Å². The number of furan rings is 1. The van der Waals surface area contributed by atoms with Crippen molar-refractivity contribution in [2.75, 3.05) is 6.61 Å². The molecule has 1 N–H and O–H groups in total. The van der Waals surface area contributed by atoms with Gasteiger partial charge in [-0.3, -0.25) is 10.2 Å². The van der Waals surface area contributed by atoms with Crippen LogP contribution in [0.15, 0.2) is 80.7 Å². The van der Waals surface area contributed by atoms with Crippen molar-refractivity contribution in [2.24, 2.45) is 10.1 Å². The van der Waals surface area contributed by atoms with E-state index >= 15 is 0 Å². The summed E-state index contributed by atoms with van der Waals surface area (Å²) in [6, 6.07) is 16.9. The minimum atomic E-state index is -0.547. The van der Waals surface area contributed by atoms with Gasteiger partial charge in [0.1, 0.15) is 34.7 Å². The number of thioether (sulfide) groups is 1. The van der Waals surface area contributed by atoms with Gasteiger partial charge >= 0.3 is 0 Å². The Morgan fingerprint density at radius 2 is 1.94 bits per heavy atom. The third-order valence-corrected chi connectivity index (χ3v) is 5.87. The molecule has 0 radical (unpaired) electrons. The molecule has 0 spiro atoms. The molecule has 0 saturated heterocycles. The molecule has 0 unspecified atom stereocenters. The highest BCUT2D eigenvalue weighted by atomic mass is 32.2. The van der Waals surface area contributed by atoms with Gasteiger partial charge in [-0.05, 0) is 72.8 Å². The van der Waals surface area contributed by atoms with Gasteiger partial charge in [-0.1, -0.05) is 18.2 Å². The van der Waals surface area contributed by atoms with E-state index in [1.165, 1.54) is 35.0 Å². The fourth-order valence-electron chi connectivity index (χ4n) is 3.29. The Hall–Kier alpha value is -3.98. The summed E-state index contributed by atoms with van der Waals surface area (Å²) >= 11 is 1.20. The molecule has 1 amide bonds. The first-order chi connectivity index (χ1) is 16.0. The monoisotopic (exact) mass is 460 g/mol. The van der Waals surface area contributed by atoms with Crippen molar-refractivity contribution < 1.29 is 18.3 Å². The highest BCUT2D eigenvalue weighted by Gasteiger charge is 2.36. The number of halogens is 1. The number of carbonyl (C=O) groups excluding carboxylic acids is 1. The fourth-order valence-corrected chi connectivity index (χ4v) is 4.09. The topological polar surface area (TPSA) is 91.2 Å². The number of nitrogens with zero attached hydrogens (tertiary/aromatic N) is 3. The number of amidine groups is 2. The zero-order valence-corrected chi connectivity index (χ0v) is 18.2. The Labute approximate surface area is 192 Å². The first-order valence-corrected chi connectivity index (χ1v) is 10.8. The molecule has 0 atom stereocenters. The quantitative estimate of drug-likeness (QED) is 0.536. The van der Waals surface area contributed by atoms with Crippen molar-refractivity contribution in [3.8, 4) is 17.1 Å². The van der Waals surface area contributed by atoms with Gasteiger partial charge in [0.05, 0.1) is 5.57 Å². The lowest BCUT2D eigenvalue weighted by molar-refractivity contribution is -0.114. The van der Waals surface area contributed by atoms with Crippen molar-refractivity contribution in [2.45, 2.75) is 6.92 Å². The van der Waals surface area contributed by atoms with Crippen LogP contribution < -0.4 is 4.74 Å². The summed E-state index contributed by atoms with van der Waals surface area (Å²) in [4.78, 5) is 16.7. The average molecular weight is 460 g/mol. The van der Waals surface area contributed by atoms with Gasteiger partial charge < -0.3 is 9.15 Å². The van der Waals surface area contributed by atoms with Crippen LogP contribution in [0.25, 0.3) is 17.4 Å². The number of aryl methyl sites for hydroxylation is 1. The molecular weight excluding hydrogens is 443 g/mol. The number of aliphatic imine (C=N–C) groups is 1. The number of para-hydroxylation sites is 1. The number of benzene rings is 2. The molecular formula is C24H17FN4O3S. The van der Waals surface area contributed by atoms with Gasteiger partial charge in [0.2, 0.25) is 5.17 Å². The molecule has 0 saturated carbocycles. The van der Waals surface area contributed by atoms with E-state index in [1.54, 1.807) is 24.3 Å². The Balaban J connectivity index is 1.34. The summed E-state index contributed by atoms with van der Waals surface area (Å²) in [5.41, 5.74) is 1.76. The highest BCUT2D eigenvalue weighted by molar-refractivity contribution is 8.27. The van der Waals surface area contributed by atoms with Crippen LogP contribution in [0.3, 0.4) is 0 Å². The van der Waals surface area contributed by atoms with E-state index < -0.39 is 5.91 Å². The van der Waals surface area contributed by atoms with Crippen LogP contribution in [0.1, 0.15) is 11.3 Å². The largest absolute Gasteiger partial charge is 0.486 e. The molecule has 0 fully saturated rings. The van der Waals surface area contributed by atoms with Crippen molar-refractivity contribution >= 4 is 39.8 Å². The second kappa shape index (κ2) is 8.51. The molecule has 3 aromatic rings. The maximum atomic E-state index is 13.2. The third kappa shape index (κ3) is 4.22. The maximum Gasteiger partial charge on any atom is 0.283 e. The molecule has 3 heterocycles. The molecule has 2 aromatic carbocycles. The van der Waals surface area contributed by atoms with E-state index in [4.69, 9.17) is 14.6 Å². The average Bonchev–Trinajstić information content (AvgIpc) is 3.44. The summed E-state index contributed by atoms with van der Waals surface area (Å²) < 4.78 is 24.7. The van der Waals surface area contributed by atoms with Crippen LogP contribution in [0.2, 0.25) is 0 Å². The number of hydrogen-bond acceptors (Lipinski definition) is 6. The van der Waals surface area contributed by atoms with Crippen LogP contribution in [0.5, 0.6) is 5.75 Å². The van der Waals surface area contributed by atoms with E-state index in [0.717, 1.165) is 11.3 Å². The smallest absolute Gasteiger partial charge is 0.283 e. The third-order valence-electron chi connectivity index (χ3n) is 4.98. The van der Waals surface area contributed by atoms with E-state index in [1.807, 2.05) is 31.2 Å². The zero-order chi connectivity index (χ0) is 22.9. The zero-order valence-electron chi connectivity index (χ0n) is 17.4. The van der Waals surface area contributed by atoms with E-state index in [9.17, 15) is 9.18 Å². The minimum absolute atomic E-state index is 0.0594. The molecule has 7 nitrogen and oxygen atoms in total. The Kier molecular flexibility index (Phi) is 5.39. The fraction of sp³-hybridized carbons (Fsp3) is 0.0833. The number of hydrogen-bond donors (Lipinski definition) is 1. The predicted octanol–water partition coefficient (Wildman–Crippen LogP) is 5.09. The Morgan fingerprint density at radius 1 is 1.15 bits per heavy atom. The number of ether oxygens (including phenoxy) is 1. The first-order valence-electron chi connectivity index (χ1n) is 10.0. The summed E-state index contributed by atoms with van der Waals surface area (Å²) in [5, 5.41) is 15.1. The van der Waals surface area contributed by atoms with Crippen LogP contribution in [-0.2, 0) is 4.79 Å². The lowest BCUT2D eigenvalue weighted by Crippen LogP contribution is -2.35. The van der Waals surface area contributed by atoms with Crippen molar-refractivity contribution in [3.05, 3.63) is 83.4 Å². The number of nitrogens with one attached hydrogen (secondary N) is 1. The second-order valence-electron chi connectivity index (χ2n) is 7.28. The Morgan fingerprint density at radius 3 is 2.73 bits per heavy atom. The molecule has 0 aliphatic carbocycles. The lowest BCUT2D eigenvalue weighted by atomic mass is 10.1. The van der Waals surface area contributed by atoms with Gasteiger partial charge in [-0.2, -0.15) is 15.1 Å². The molecule has 2 aliphatic rings. The number of amides is 1. The van der Waals surface area contributed by atoms with Crippen molar-refractivity contribution in [3.63, 3.8) is 0 Å². The summed E-state index contributed by atoms with van der Waals surface area (Å²) in [6.45, 7) is 2.15. The van der Waals surface area contributed by atoms with E-state index in [0.29, 0.717) is 27.3 Å². The van der Waals surface area contributed by atoms with Gasteiger partial charge in [0.25, 0.3) is 5.91 Å². The number of fused-ring (bicyclic) bond motifs is 1. The molecule has 9 heteroatoms. The second-order valence-corrected chi connectivity index (χ2v) is 8.32. The molecule has 5 rings (SSSR count). The van der Waals surface area contributed by atoms with Gasteiger partial charge in [0, 0.05) is 5.56 Å². The molecule has 0 bridgehead atoms. The number of rotatable bonds is 5. The van der Waals surface area contributed by atoms with Gasteiger partial charge in [0.15, 0.2) is 5.84 Å². The maximum absolute atomic E-state index is 13.2. The lowest BCUT2D eigenvalue weighted by Gasteiger charge is -2.19. The van der Waals surface area contributed by atoms with E-state index in [-0.39, 0.29) is 23.8 Å². The first kappa shape index (κ1) is 20.9. The molecule has 33 heavy (non-hydrogen) atoms. The standard InChI is InChI=1S/C24H17FN4O3S/c1-14-4-2-3-5-19(14)31-13-21-28-29-22(26)18(23(30)27-24(29)33-21)12-17-10-11-20(32-17)15-6-8-16(25)9-7-15/h2-12,26H,13H2,1H3/b18-12-,26-22?. The molecule has 2 aliphatic heterocycles. The van der Waals surface area contributed by atoms with Crippen LogP contribution in [0.4, 0.5) is 4.39 Å². The highest BCUT2D eigenvalue weighted by Crippen LogP contribution is 2.30. The normalized spacial score (nSPS) is 16.7. The molecule has 1 aromatic heterocycles. The summed E-state index contributed by atoms with van der Waals surface area (Å²) in [6.07, 6.45) is 1.46. The van der Waals surface area contributed by atoms with E-state index in [2.05, 4.69) is 10.1 Å². The number of hydrazone groups is 1. The van der Waals surface area contributed by atoms with Crippen LogP contribution in [-0.4, -0.2) is 33.6 Å². The van der Waals surface area contributed by atoms with Crippen LogP contribution >= 0.6 is 11.8 Å². The van der Waals surface area contributed by atoms with Crippen molar-refractivity contribution in [1.29, 1.82) is 5.41 Å². The summed E-state index contributed by atoms with van der Waals surface area (Å²) in [5.74, 6) is 0.661. The molecule has 164 valence electrons. The Bertz CT molecular complexity index is 1360. The summed E-state index contributed by atoms with van der Waals surface area (Å²) in [7, 11) is 0. The SMILES string of the molecule is Cc1ccccc1OCC1=NN2C(=N)/C(=C/c3ccc(-c4ccc(F)cc4)o3)C(=O)N=C2S1. The predicted molar refractivity (Wildman–Crippen MR) is 126 cm³/mol. The van der Waals surface area contributed by atoms with Gasteiger partial charge in [-0.15, -0.1) is 0 Å². The minimum Gasteiger partial charge on any atom is -0.486 e.